The van der Waals surface area contributed by atoms with Crippen LogP contribution in [-0.4, -0.2) is 48.9 Å². The molecule has 1 N–H and O–H groups in total. The van der Waals surface area contributed by atoms with Crippen molar-refractivity contribution in [2.24, 2.45) is 28.6 Å². The van der Waals surface area contributed by atoms with Crippen LogP contribution in [0.5, 0.6) is 0 Å². The second-order valence-corrected chi connectivity index (χ2v) is 18.4. The first-order valence-electron chi connectivity index (χ1n) is 13.2. The Morgan fingerprint density at radius 2 is 1.94 bits per heavy atom. The molecule has 1 heterocycles. The lowest BCUT2D eigenvalue weighted by molar-refractivity contribution is -0.177. The van der Waals surface area contributed by atoms with Gasteiger partial charge in [0.05, 0.1) is 0 Å². The minimum atomic E-state index is -2.32. The molecule has 4 fully saturated rings. The number of epoxide rings is 1. The van der Waals surface area contributed by atoms with E-state index in [1.807, 2.05) is 6.08 Å². The molecule has 0 aromatic heterocycles. The van der Waals surface area contributed by atoms with E-state index < -0.39 is 43.3 Å². The number of hydrogen-bond acceptors (Lipinski definition) is 5. The maximum Gasteiger partial charge on any atom is 0.321 e. The van der Waals surface area contributed by atoms with E-state index in [4.69, 9.17) is 25.5 Å². The van der Waals surface area contributed by atoms with Gasteiger partial charge in [0, 0.05) is 10.8 Å². The van der Waals surface area contributed by atoms with Crippen molar-refractivity contribution in [3.05, 3.63) is 24.8 Å². The number of ether oxygens (including phenoxy) is 2. The van der Waals surface area contributed by atoms with E-state index >= 15 is 0 Å². The summed E-state index contributed by atoms with van der Waals surface area (Å²) in [6.45, 7) is 26.1. The normalized spacial score (nSPS) is 46.7. The van der Waals surface area contributed by atoms with Gasteiger partial charge in [-0.3, -0.25) is 4.79 Å². The number of hydrogen-bond donors (Lipinski definition) is 1. The topological polar surface area (TPSA) is 68.3 Å². The van der Waals surface area contributed by atoms with Gasteiger partial charge in [0.25, 0.3) is 0 Å². The van der Waals surface area contributed by atoms with Crippen molar-refractivity contribution in [3.8, 4) is 0 Å². The number of alkyl halides is 1. The highest BCUT2D eigenvalue weighted by molar-refractivity contribution is 6.74. The quantitative estimate of drug-likeness (QED) is 0.147. The van der Waals surface area contributed by atoms with Crippen molar-refractivity contribution in [2.75, 3.05) is 5.88 Å². The molecule has 0 aromatic carbocycles. The molecule has 4 rings (SSSR count). The number of halogens is 1. The van der Waals surface area contributed by atoms with Crippen LogP contribution in [-0.2, 0) is 18.7 Å². The van der Waals surface area contributed by atoms with Crippen LogP contribution in [0.4, 0.5) is 0 Å². The molecule has 198 valence electrons. The van der Waals surface area contributed by atoms with Crippen molar-refractivity contribution < 1.29 is 23.8 Å². The van der Waals surface area contributed by atoms with Crippen molar-refractivity contribution in [3.63, 3.8) is 0 Å². The van der Waals surface area contributed by atoms with Gasteiger partial charge in [0.15, 0.2) is 8.32 Å². The summed E-state index contributed by atoms with van der Waals surface area (Å²) >= 11 is 5.93. The summed E-state index contributed by atoms with van der Waals surface area (Å²) in [5.41, 5.74) is -0.700. The van der Waals surface area contributed by atoms with E-state index in [1.165, 1.54) is 0 Å². The lowest BCUT2D eigenvalue weighted by Gasteiger charge is -2.56. The minimum absolute atomic E-state index is 0.0460. The number of rotatable bonds is 6. The second kappa shape index (κ2) is 8.17. The molecule has 9 atom stereocenters. The van der Waals surface area contributed by atoms with E-state index in [0.717, 1.165) is 18.4 Å². The average molecular weight is 525 g/mol. The number of aliphatic hydroxyl groups excluding tert-OH is 1. The highest BCUT2D eigenvalue weighted by Crippen LogP contribution is 2.84. The molecule has 5 nitrogen and oxygen atoms in total. The van der Waals surface area contributed by atoms with Gasteiger partial charge in [-0.25, -0.2) is 0 Å². The van der Waals surface area contributed by atoms with Crippen LogP contribution in [0.2, 0.25) is 18.1 Å². The predicted octanol–water partition coefficient (Wildman–Crippen LogP) is 6.21. The number of aliphatic hydroxyl groups is 1. The van der Waals surface area contributed by atoms with E-state index in [9.17, 15) is 9.90 Å². The van der Waals surface area contributed by atoms with Gasteiger partial charge in [0.2, 0.25) is 5.79 Å². The summed E-state index contributed by atoms with van der Waals surface area (Å²) in [5, 5.41) is 11.7. The fraction of sp³-hybridized carbons (Fsp3) is 0.821. The zero-order valence-electron chi connectivity index (χ0n) is 22.9. The lowest BCUT2D eigenvalue weighted by atomic mass is 9.48. The minimum Gasteiger partial charge on any atom is -0.461 e. The SMILES string of the molecule is C=CC(=C)[C@@H]1C[C@@H](OC(=O)CCl)[C@]2(C)[C@H](C)CC[C@]3(C[C@H](O)[C@]4(O[Si](C)(C)C(C)(C)C)O[C@]342)[C@H]1C. The third kappa shape index (κ3) is 3.25. The molecule has 3 aliphatic carbocycles. The zero-order valence-corrected chi connectivity index (χ0v) is 24.6. The molecule has 4 aliphatic rings. The molecule has 0 unspecified atom stereocenters. The van der Waals surface area contributed by atoms with Gasteiger partial charge >= 0.3 is 5.97 Å². The first-order valence-corrected chi connectivity index (χ1v) is 16.6. The molecule has 0 radical (unpaired) electrons. The summed E-state index contributed by atoms with van der Waals surface area (Å²) in [6.07, 6.45) is 3.79. The fourth-order valence-corrected chi connectivity index (χ4v) is 9.47. The number of esters is 1. The summed E-state index contributed by atoms with van der Waals surface area (Å²) < 4.78 is 20.2. The van der Waals surface area contributed by atoms with Crippen LogP contribution in [0.3, 0.4) is 0 Å². The summed E-state index contributed by atoms with van der Waals surface area (Å²) in [5.74, 6) is -1.33. The van der Waals surface area contributed by atoms with Gasteiger partial charge in [-0.15, -0.1) is 11.6 Å². The highest BCUT2D eigenvalue weighted by atomic mass is 35.5. The monoisotopic (exact) mass is 524 g/mol. The maximum atomic E-state index is 12.6. The van der Waals surface area contributed by atoms with Crippen LogP contribution in [0.25, 0.3) is 0 Å². The van der Waals surface area contributed by atoms with Crippen LogP contribution in [0.15, 0.2) is 24.8 Å². The van der Waals surface area contributed by atoms with E-state index in [0.29, 0.717) is 12.8 Å². The molecule has 7 heteroatoms. The Labute approximate surface area is 217 Å². The van der Waals surface area contributed by atoms with Crippen molar-refractivity contribution in [2.45, 2.75) is 109 Å². The third-order valence-electron chi connectivity index (χ3n) is 11.2. The van der Waals surface area contributed by atoms with E-state index in [2.05, 4.69) is 67.8 Å². The predicted molar refractivity (Wildman–Crippen MR) is 142 cm³/mol. The zero-order chi connectivity index (χ0) is 26.4. The van der Waals surface area contributed by atoms with Crippen LogP contribution >= 0.6 is 11.6 Å². The molecule has 1 saturated heterocycles. The van der Waals surface area contributed by atoms with Crippen LogP contribution in [0.1, 0.15) is 67.2 Å². The summed E-state index contributed by atoms with van der Waals surface area (Å²) in [7, 11) is -2.32. The van der Waals surface area contributed by atoms with Gasteiger partial charge in [-0.2, -0.15) is 0 Å². The first kappa shape index (κ1) is 27.4. The molecule has 0 amide bonds. The Kier molecular flexibility index (Phi) is 6.39. The lowest BCUT2D eigenvalue weighted by Crippen LogP contribution is -2.63. The van der Waals surface area contributed by atoms with Crippen molar-refractivity contribution in [1.82, 2.24) is 0 Å². The van der Waals surface area contributed by atoms with Crippen LogP contribution < -0.4 is 0 Å². The largest absolute Gasteiger partial charge is 0.461 e. The Hall–Kier alpha value is -0.663. The third-order valence-corrected chi connectivity index (χ3v) is 15.8. The fourth-order valence-electron chi connectivity index (χ4n) is 8.02. The Bertz CT molecular complexity index is 929. The van der Waals surface area contributed by atoms with Crippen LogP contribution in [0, 0.1) is 28.6 Å². The first-order chi connectivity index (χ1) is 16.0. The average Bonchev–Trinajstić information content (AvgIpc) is 3.40. The molecule has 1 aliphatic heterocycles. The Morgan fingerprint density at radius 1 is 1.31 bits per heavy atom. The van der Waals surface area contributed by atoms with Gasteiger partial charge in [-0.1, -0.05) is 66.3 Å². The number of carbonyl (C=O) groups is 1. The molecule has 1 spiro atoms. The standard InChI is InChI=1S/C28H45ClO5Si/c1-11-17(2)20-14-22(32-23(31)16-29)25(8)18(3)12-13-26(19(20)4)15-21(30)27(28(25,26)33-27)34-35(9,10)24(5,6)7/h11,18-22,30H,1-2,12-16H2,3-10H3/t18-,19+,20+,21+,22-,25+,26+,27-,28-/m1/s1. The number of carbonyl (C=O) groups excluding carboxylic acids is 1. The smallest absolute Gasteiger partial charge is 0.321 e. The number of allylic oxidation sites excluding steroid dienone is 2. The molecule has 3 saturated carbocycles. The van der Waals surface area contributed by atoms with Gasteiger partial charge < -0.3 is 19.0 Å². The molecular weight excluding hydrogens is 480 g/mol. The Balaban J connectivity index is 1.95. The Morgan fingerprint density at radius 3 is 2.49 bits per heavy atom. The molecule has 0 aromatic rings. The second-order valence-electron chi connectivity index (χ2n) is 13.4. The highest BCUT2D eigenvalue weighted by Gasteiger charge is 2.96. The molecular formula is C28H45ClO5Si. The van der Waals surface area contributed by atoms with Crippen molar-refractivity contribution >= 4 is 25.9 Å². The van der Waals surface area contributed by atoms with E-state index in [-0.39, 0.29) is 34.1 Å². The van der Waals surface area contributed by atoms with Gasteiger partial charge in [-0.05, 0) is 61.6 Å². The maximum absolute atomic E-state index is 12.6. The van der Waals surface area contributed by atoms with E-state index in [1.54, 1.807) is 0 Å². The summed E-state index contributed by atoms with van der Waals surface area (Å²) in [6, 6.07) is 0. The summed E-state index contributed by atoms with van der Waals surface area (Å²) in [4.78, 5) is 12.6. The van der Waals surface area contributed by atoms with Crippen molar-refractivity contribution in [1.29, 1.82) is 0 Å². The van der Waals surface area contributed by atoms with Gasteiger partial charge in [0.1, 0.15) is 23.7 Å². The molecule has 35 heavy (non-hydrogen) atoms. The molecule has 2 bridgehead atoms.